The van der Waals surface area contributed by atoms with Crippen LogP contribution in [0.2, 0.25) is 0 Å². The molecule has 2 fully saturated rings. The lowest BCUT2D eigenvalue weighted by Gasteiger charge is -2.36. The number of nitrogens with zero attached hydrogens (tertiary/aromatic N) is 4. The van der Waals surface area contributed by atoms with Crippen LogP contribution in [0.4, 0.5) is 5.69 Å². The van der Waals surface area contributed by atoms with Crippen LogP contribution in [0, 0.1) is 25.7 Å². The van der Waals surface area contributed by atoms with Gasteiger partial charge in [0.05, 0.1) is 7.11 Å². The van der Waals surface area contributed by atoms with E-state index in [4.69, 9.17) is 14.9 Å². The fourth-order valence-electron chi connectivity index (χ4n) is 5.96. The minimum atomic E-state index is -0.131. The Kier molecular flexibility index (Phi) is 7.82. The molecule has 0 spiro atoms. The van der Waals surface area contributed by atoms with Gasteiger partial charge < -0.3 is 14.6 Å². The zero-order chi connectivity index (χ0) is 26.8. The van der Waals surface area contributed by atoms with Crippen molar-refractivity contribution in [2.45, 2.75) is 90.5 Å². The van der Waals surface area contributed by atoms with Crippen LogP contribution in [-0.4, -0.2) is 32.8 Å². The number of carbonyl (C=O) groups excluding carboxylic acids is 1. The Balaban J connectivity index is 1.41. The molecule has 3 aromatic rings. The lowest BCUT2D eigenvalue weighted by molar-refractivity contribution is -0.116. The van der Waals surface area contributed by atoms with Crippen LogP contribution in [-0.2, 0) is 11.2 Å². The number of benzene rings is 1. The first kappa shape index (κ1) is 26.4. The number of pyridine rings is 1. The third kappa shape index (κ3) is 6.08. The maximum atomic E-state index is 13.4. The molecule has 0 radical (unpaired) electrons. The molecule has 1 aromatic carbocycles. The number of hydrogen-bond acceptors (Lipinski definition) is 5. The smallest absolute Gasteiger partial charge is 0.225 e. The zero-order valence-corrected chi connectivity index (χ0v) is 23.4. The van der Waals surface area contributed by atoms with E-state index >= 15 is 0 Å². The van der Waals surface area contributed by atoms with Gasteiger partial charge in [-0.05, 0) is 75.5 Å². The van der Waals surface area contributed by atoms with Crippen molar-refractivity contribution in [3.63, 3.8) is 0 Å². The molecular formula is C31H41N5O2. The van der Waals surface area contributed by atoms with Gasteiger partial charge in [0.1, 0.15) is 11.6 Å². The largest absolute Gasteiger partial charge is 0.481 e. The number of methoxy groups -OCH3 is 1. The summed E-state index contributed by atoms with van der Waals surface area (Å²) in [6, 6.07) is 12.3. The first-order valence-electron chi connectivity index (χ1n) is 14.1. The monoisotopic (exact) mass is 515 g/mol. The van der Waals surface area contributed by atoms with Crippen LogP contribution in [0.1, 0.15) is 98.7 Å². The summed E-state index contributed by atoms with van der Waals surface area (Å²) in [5, 5.41) is 12.7. The van der Waals surface area contributed by atoms with E-state index in [2.05, 4.69) is 41.7 Å². The number of hydrogen-bond donors (Lipinski definition) is 1. The highest BCUT2D eigenvalue weighted by Crippen LogP contribution is 2.48. The Labute approximate surface area is 226 Å². The summed E-state index contributed by atoms with van der Waals surface area (Å²) in [5.41, 5.74) is 3.99. The maximum absolute atomic E-state index is 13.4. The van der Waals surface area contributed by atoms with E-state index in [1.165, 1.54) is 24.8 Å². The summed E-state index contributed by atoms with van der Waals surface area (Å²) in [7, 11) is 1.63. The van der Waals surface area contributed by atoms with Gasteiger partial charge in [0.15, 0.2) is 0 Å². The van der Waals surface area contributed by atoms with Crippen molar-refractivity contribution in [3.05, 3.63) is 64.9 Å². The number of amides is 1. The van der Waals surface area contributed by atoms with Gasteiger partial charge in [0.2, 0.25) is 11.8 Å². The predicted octanol–water partition coefficient (Wildman–Crippen LogP) is 6.53. The first-order valence-corrected chi connectivity index (χ1v) is 14.1. The second kappa shape index (κ2) is 11.3. The van der Waals surface area contributed by atoms with Crippen molar-refractivity contribution < 1.29 is 9.53 Å². The van der Waals surface area contributed by atoms with Crippen molar-refractivity contribution >= 4 is 11.6 Å². The molecule has 2 aromatic heterocycles. The summed E-state index contributed by atoms with van der Waals surface area (Å²) in [4.78, 5) is 18.0. The lowest BCUT2D eigenvalue weighted by atomic mass is 9.71. The van der Waals surface area contributed by atoms with Crippen LogP contribution < -0.4 is 10.1 Å². The molecule has 2 aliphatic carbocycles. The molecule has 7 nitrogen and oxygen atoms in total. The van der Waals surface area contributed by atoms with Crippen molar-refractivity contribution in [2.24, 2.45) is 11.8 Å². The number of ether oxygens (including phenoxy) is 1. The number of aromatic nitrogens is 4. The Morgan fingerprint density at radius 2 is 1.92 bits per heavy atom. The van der Waals surface area contributed by atoms with Crippen LogP contribution >= 0.6 is 0 Å². The molecule has 2 saturated carbocycles. The van der Waals surface area contributed by atoms with E-state index in [-0.39, 0.29) is 11.8 Å². The molecule has 202 valence electrons. The normalized spacial score (nSPS) is 19.7. The third-order valence-electron chi connectivity index (χ3n) is 7.96. The topological polar surface area (TPSA) is 81.9 Å². The van der Waals surface area contributed by atoms with Gasteiger partial charge in [-0.15, -0.1) is 10.2 Å². The molecular weight excluding hydrogens is 474 g/mol. The first-order chi connectivity index (χ1) is 18.3. The van der Waals surface area contributed by atoms with Crippen LogP contribution in [0.15, 0.2) is 36.4 Å². The Morgan fingerprint density at radius 1 is 1.13 bits per heavy atom. The summed E-state index contributed by atoms with van der Waals surface area (Å²) >= 11 is 0. The quantitative estimate of drug-likeness (QED) is 0.314. The average molecular weight is 516 g/mol. The van der Waals surface area contributed by atoms with E-state index in [0.717, 1.165) is 53.3 Å². The maximum Gasteiger partial charge on any atom is 0.225 e. The average Bonchev–Trinajstić information content (AvgIpc) is 3.60. The summed E-state index contributed by atoms with van der Waals surface area (Å²) < 4.78 is 7.76. The molecule has 0 saturated heterocycles. The number of aryl methyl sites for hydroxylation is 2. The molecule has 2 aliphatic rings. The van der Waals surface area contributed by atoms with Crippen molar-refractivity contribution in [1.29, 1.82) is 0 Å². The molecule has 0 bridgehead atoms. The van der Waals surface area contributed by atoms with Gasteiger partial charge in [-0.1, -0.05) is 37.6 Å². The SMILES string of the molecule is COc1cccc(CC(CC(=O)Nc2ccc(C)cc2C)c2nnc([C@H]3C[C@@H](CC(C)C)C3)n2C2CC2)n1. The zero-order valence-electron chi connectivity index (χ0n) is 23.4. The molecule has 0 aliphatic heterocycles. The fraction of sp³-hybridized carbons (Fsp3) is 0.548. The van der Waals surface area contributed by atoms with Gasteiger partial charge in [0.25, 0.3) is 0 Å². The fourth-order valence-corrected chi connectivity index (χ4v) is 5.96. The van der Waals surface area contributed by atoms with E-state index in [0.29, 0.717) is 30.7 Å². The number of anilines is 1. The number of rotatable bonds is 11. The van der Waals surface area contributed by atoms with Crippen molar-refractivity contribution in [3.8, 4) is 5.88 Å². The second-order valence-corrected chi connectivity index (χ2v) is 11.8. The van der Waals surface area contributed by atoms with E-state index in [9.17, 15) is 4.79 Å². The van der Waals surface area contributed by atoms with Crippen LogP contribution in [0.25, 0.3) is 0 Å². The molecule has 1 N–H and O–H groups in total. The molecule has 38 heavy (non-hydrogen) atoms. The molecule has 1 atom stereocenters. The third-order valence-corrected chi connectivity index (χ3v) is 7.96. The van der Waals surface area contributed by atoms with Crippen molar-refractivity contribution in [2.75, 3.05) is 12.4 Å². The number of carbonyl (C=O) groups is 1. The summed E-state index contributed by atoms with van der Waals surface area (Å²) in [6.45, 7) is 8.70. The Bertz CT molecular complexity index is 1270. The highest BCUT2D eigenvalue weighted by molar-refractivity contribution is 5.92. The number of nitrogens with one attached hydrogen (secondary N) is 1. The molecule has 7 heteroatoms. The highest BCUT2D eigenvalue weighted by Gasteiger charge is 2.39. The van der Waals surface area contributed by atoms with Gasteiger partial charge in [-0.25, -0.2) is 4.98 Å². The standard InChI is InChI=1S/C31H41N5O2/c1-19(2)13-22-15-23(16-22)30-34-35-31(36(30)26-10-11-26)24(17-25-7-6-8-29(32-25)38-5)18-28(37)33-27-12-9-20(3)14-21(27)4/h6-9,12,14,19,22-24,26H,10-11,13,15-18H2,1-5H3,(H,33,37)/t22-,23+,24?. The molecule has 2 heterocycles. The van der Waals surface area contributed by atoms with Crippen LogP contribution in [0.3, 0.4) is 0 Å². The van der Waals surface area contributed by atoms with Gasteiger partial charge in [-0.3, -0.25) is 4.79 Å². The van der Waals surface area contributed by atoms with E-state index in [1.54, 1.807) is 7.11 Å². The summed E-state index contributed by atoms with van der Waals surface area (Å²) in [5.74, 6) is 4.47. The lowest BCUT2D eigenvalue weighted by Crippen LogP contribution is -2.27. The van der Waals surface area contributed by atoms with Crippen LogP contribution in [0.5, 0.6) is 5.88 Å². The molecule has 5 rings (SSSR count). The molecule has 1 amide bonds. The Morgan fingerprint density at radius 3 is 2.61 bits per heavy atom. The second-order valence-electron chi connectivity index (χ2n) is 11.8. The molecule has 1 unspecified atom stereocenters. The van der Waals surface area contributed by atoms with Gasteiger partial charge >= 0.3 is 0 Å². The summed E-state index contributed by atoms with van der Waals surface area (Å²) in [6.07, 6.45) is 6.89. The minimum Gasteiger partial charge on any atom is -0.481 e. The Hall–Kier alpha value is -3.22. The van der Waals surface area contributed by atoms with Crippen molar-refractivity contribution in [1.82, 2.24) is 19.7 Å². The minimum absolute atomic E-state index is 0.0163. The van der Waals surface area contributed by atoms with E-state index in [1.807, 2.05) is 37.3 Å². The predicted molar refractivity (Wildman–Crippen MR) is 150 cm³/mol. The van der Waals surface area contributed by atoms with Gasteiger partial charge in [0, 0.05) is 48.2 Å². The van der Waals surface area contributed by atoms with E-state index < -0.39 is 0 Å². The highest BCUT2D eigenvalue weighted by atomic mass is 16.5. The van der Waals surface area contributed by atoms with Gasteiger partial charge in [-0.2, -0.15) is 0 Å².